The quantitative estimate of drug-likeness (QED) is 0.216. The van der Waals surface area contributed by atoms with Gasteiger partial charge >= 0.3 is 0 Å². The first-order chi connectivity index (χ1) is 31.2. The average molecular weight is 1210 g/mol. The Labute approximate surface area is 425 Å². The molecule has 5 fully saturated rings. The van der Waals surface area contributed by atoms with E-state index in [2.05, 4.69) is 122 Å². The molecule has 3 saturated carbocycles. The fourth-order valence-electron chi connectivity index (χ4n) is 8.65. The zero-order chi connectivity index (χ0) is 46.3. The molecule has 6 aliphatic rings. The first kappa shape index (κ1) is 52.2. The number of ketones is 3. The number of aliphatic hydroxyl groups is 1. The van der Waals surface area contributed by atoms with Crippen LogP contribution in [0.25, 0.3) is 5.57 Å². The van der Waals surface area contributed by atoms with Gasteiger partial charge in [-0.05, 0) is 121 Å². The van der Waals surface area contributed by atoms with Crippen LogP contribution in [0.5, 0.6) is 0 Å². The number of carbonyl (C=O) groups excluding carboxylic acids is 3. The standard InChI is InChI=1S/C14H17BrO3.C12H13BrO.C12H11BrO.C8H12O3.C6H4Br2/c15-12-3-1-11(2-4-12)13(16)5-7-14(8-6-13)17-9-10-18-14;2*13-11-5-1-9(2-6-11)10-3-7-12(14)8-4-10;9-7-1-3-8(4-2-7)10-5-6-11-8;7-5-1-2-6(8)4-3-5/h1-4,16H,5-10H2;1-2,5-6,10H,3-4,7-8H2;1-3,5-6H,4,7-8H2;1-6H2;1-4H. The molecule has 8 nitrogen and oxygen atoms in total. The van der Waals surface area contributed by atoms with Crippen molar-refractivity contribution in [3.05, 3.63) is 142 Å². The molecular weight excluding hydrogens is 1150 g/mol. The van der Waals surface area contributed by atoms with Gasteiger partial charge < -0.3 is 24.1 Å². The van der Waals surface area contributed by atoms with Crippen molar-refractivity contribution < 1.29 is 38.4 Å². The summed E-state index contributed by atoms with van der Waals surface area (Å²) in [6.07, 6.45) is 13.5. The van der Waals surface area contributed by atoms with Crippen LogP contribution in [-0.4, -0.2) is 60.5 Å². The molecule has 2 spiro atoms. The predicted molar refractivity (Wildman–Crippen MR) is 272 cm³/mol. The van der Waals surface area contributed by atoms with Crippen LogP contribution < -0.4 is 0 Å². The van der Waals surface area contributed by atoms with E-state index in [-0.39, 0.29) is 5.79 Å². The van der Waals surface area contributed by atoms with Gasteiger partial charge in [-0.2, -0.15) is 0 Å². The van der Waals surface area contributed by atoms with Crippen molar-refractivity contribution in [2.45, 2.75) is 119 Å². The molecule has 0 aromatic heterocycles. The molecule has 0 radical (unpaired) electrons. The normalized spacial score (nSPS) is 20.8. The number of benzene rings is 4. The Hall–Kier alpha value is -2.17. The molecule has 4 aromatic rings. The third-order valence-corrected chi connectivity index (χ3v) is 15.2. The van der Waals surface area contributed by atoms with E-state index in [0.717, 1.165) is 85.7 Å². The molecule has 0 amide bonds. The molecule has 2 saturated heterocycles. The van der Waals surface area contributed by atoms with Crippen molar-refractivity contribution in [2.75, 3.05) is 26.4 Å². The Morgan fingerprint density at radius 2 is 0.846 bits per heavy atom. The second-order valence-electron chi connectivity index (χ2n) is 17.1. The summed E-state index contributed by atoms with van der Waals surface area (Å²) in [7, 11) is 0. The van der Waals surface area contributed by atoms with Gasteiger partial charge in [0.1, 0.15) is 17.3 Å². The summed E-state index contributed by atoms with van der Waals surface area (Å²) < 4.78 is 27.8. The summed E-state index contributed by atoms with van der Waals surface area (Å²) in [6, 6.07) is 32.6. The Kier molecular flexibility index (Phi) is 20.4. The highest BCUT2D eigenvalue weighted by Crippen LogP contribution is 2.45. The third-order valence-electron chi connectivity index (χ3n) is 12.6. The first-order valence-electron chi connectivity index (χ1n) is 22.4. The van der Waals surface area contributed by atoms with Gasteiger partial charge in [0.15, 0.2) is 11.6 Å². The molecule has 2 aliphatic heterocycles. The lowest BCUT2D eigenvalue weighted by Crippen LogP contribution is -2.42. The van der Waals surface area contributed by atoms with E-state index in [0.29, 0.717) is 88.2 Å². The van der Waals surface area contributed by atoms with Gasteiger partial charge in [0.05, 0.1) is 32.0 Å². The molecule has 0 atom stereocenters. The molecule has 348 valence electrons. The summed E-state index contributed by atoms with van der Waals surface area (Å²) in [5.74, 6) is 0.940. The van der Waals surface area contributed by atoms with Crippen LogP contribution in [-0.2, 0) is 38.9 Å². The van der Waals surface area contributed by atoms with Crippen molar-refractivity contribution in [1.82, 2.24) is 0 Å². The van der Waals surface area contributed by atoms with E-state index in [4.69, 9.17) is 18.9 Å². The van der Waals surface area contributed by atoms with Gasteiger partial charge in [-0.1, -0.05) is 122 Å². The molecule has 4 aliphatic carbocycles. The lowest BCUT2D eigenvalue weighted by Gasteiger charge is -2.40. The van der Waals surface area contributed by atoms with Gasteiger partial charge in [-0.25, -0.2) is 0 Å². The minimum Gasteiger partial charge on any atom is -0.385 e. The summed E-state index contributed by atoms with van der Waals surface area (Å²) in [5, 5.41) is 10.8. The Morgan fingerprint density at radius 1 is 0.446 bits per heavy atom. The molecule has 0 bridgehead atoms. The van der Waals surface area contributed by atoms with E-state index in [1.807, 2.05) is 60.7 Å². The fourth-order valence-corrected chi connectivity index (χ4v) is 9.98. The summed E-state index contributed by atoms with van der Waals surface area (Å²) in [5.41, 5.74) is 4.17. The highest BCUT2D eigenvalue weighted by molar-refractivity contribution is 9.11. The number of Topliss-reactive ketones (excluding diaryl/α,β-unsaturated/α-hetero) is 3. The molecule has 2 heterocycles. The summed E-state index contributed by atoms with van der Waals surface area (Å²) in [6.45, 7) is 2.73. The van der Waals surface area contributed by atoms with E-state index < -0.39 is 11.4 Å². The maximum absolute atomic E-state index is 11.1. The molecule has 65 heavy (non-hydrogen) atoms. The fraction of sp³-hybridized carbons (Fsp3) is 0.442. The first-order valence-corrected chi connectivity index (χ1v) is 26.4. The minimum absolute atomic E-state index is 0.342. The highest BCUT2D eigenvalue weighted by Gasteiger charge is 2.46. The number of rotatable bonds is 3. The van der Waals surface area contributed by atoms with Crippen LogP contribution in [0.2, 0.25) is 0 Å². The van der Waals surface area contributed by atoms with Gasteiger partial charge in [0.25, 0.3) is 0 Å². The second-order valence-corrected chi connectivity index (χ2v) is 21.7. The van der Waals surface area contributed by atoms with Gasteiger partial charge in [0, 0.05) is 86.6 Å². The Morgan fingerprint density at radius 3 is 1.29 bits per heavy atom. The van der Waals surface area contributed by atoms with E-state index in [1.165, 1.54) is 16.7 Å². The second kappa shape index (κ2) is 25.4. The number of halogens is 5. The SMILES string of the molecule is Brc1ccc(Br)cc1.O=C1CC=C(c2ccc(Br)cc2)CC1.O=C1CCC(c2ccc(Br)cc2)CC1.O=C1CCC2(CC1)OCCO2.OC1(c2ccc(Br)cc2)CCC2(CC1)OCCO2. The minimum atomic E-state index is -0.735. The topological polar surface area (TPSA) is 108 Å². The molecule has 10 rings (SSSR count). The number of hydrogen-bond acceptors (Lipinski definition) is 8. The molecular formula is C52H57Br5O8. The summed E-state index contributed by atoms with van der Waals surface area (Å²) >= 11 is 16.9. The van der Waals surface area contributed by atoms with Gasteiger partial charge in [-0.3, -0.25) is 14.4 Å². The van der Waals surface area contributed by atoms with E-state index in [9.17, 15) is 19.5 Å². The van der Waals surface area contributed by atoms with Crippen LogP contribution in [0, 0.1) is 0 Å². The zero-order valence-corrected chi connectivity index (χ0v) is 44.5. The maximum Gasteiger partial charge on any atom is 0.169 e. The monoisotopic (exact) mass is 1200 g/mol. The van der Waals surface area contributed by atoms with Crippen LogP contribution in [0.4, 0.5) is 0 Å². The zero-order valence-electron chi connectivity index (χ0n) is 36.5. The van der Waals surface area contributed by atoms with Gasteiger partial charge in [0.2, 0.25) is 0 Å². The van der Waals surface area contributed by atoms with Crippen LogP contribution in [0.1, 0.15) is 119 Å². The number of ether oxygens (including phenoxy) is 4. The van der Waals surface area contributed by atoms with Crippen molar-refractivity contribution in [3.63, 3.8) is 0 Å². The van der Waals surface area contributed by atoms with Crippen LogP contribution >= 0.6 is 79.6 Å². The number of carbonyl (C=O) groups is 3. The lowest BCUT2D eigenvalue weighted by atomic mass is 9.77. The molecule has 1 N–H and O–H groups in total. The maximum atomic E-state index is 11.1. The number of hydrogen-bond donors (Lipinski definition) is 1. The number of allylic oxidation sites excluding steroid dienone is 2. The molecule has 0 unspecified atom stereocenters. The third kappa shape index (κ3) is 16.5. The van der Waals surface area contributed by atoms with Gasteiger partial charge in [-0.15, -0.1) is 0 Å². The Bertz CT molecular complexity index is 2130. The van der Waals surface area contributed by atoms with Crippen molar-refractivity contribution in [1.29, 1.82) is 0 Å². The van der Waals surface area contributed by atoms with E-state index in [1.54, 1.807) is 0 Å². The van der Waals surface area contributed by atoms with Crippen LogP contribution in [0.3, 0.4) is 0 Å². The Balaban J connectivity index is 0.000000138. The molecule has 13 heteroatoms. The van der Waals surface area contributed by atoms with Crippen molar-refractivity contribution in [2.24, 2.45) is 0 Å². The smallest absolute Gasteiger partial charge is 0.169 e. The average Bonchev–Trinajstić information content (AvgIpc) is 3.99. The predicted octanol–water partition coefficient (Wildman–Crippen LogP) is 14.3. The van der Waals surface area contributed by atoms with Crippen LogP contribution in [0.15, 0.2) is 126 Å². The van der Waals surface area contributed by atoms with Crippen molar-refractivity contribution in [3.8, 4) is 0 Å². The highest BCUT2D eigenvalue weighted by atomic mass is 79.9. The summed E-state index contributed by atoms with van der Waals surface area (Å²) in [4.78, 5) is 33.0. The largest absolute Gasteiger partial charge is 0.385 e. The van der Waals surface area contributed by atoms with Crippen molar-refractivity contribution >= 4 is 103 Å². The van der Waals surface area contributed by atoms with E-state index >= 15 is 0 Å². The molecule has 4 aromatic carbocycles. The lowest BCUT2D eigenvalue weighted by molar-refractivity contribution is -0.204.